The van der Waals surface area contributed by atoms with Crippen LogP contribution in [-0.4, -0.2) is 34.5 Å². The number of hydrogen-bond acceptors (Lipinski definition) is 2. The van der Waals surface area contributed by atoms with Crippen LogP contribution in [0.4, 0.5) is 0 Å². The van der Waals surface area contributed by atoms with Crippen molar-refractivity contribution in [3.8, 4) is 0 Å². The van der Waals surface area contributed by atoms with Gasteiger partial charge in [-0.05, 0) is 12.8 Å². The van der Waals surface area contributed by atoms with Crippen molar-refractivity contribution in [2.45, 2.75) is 64.3 Å². The summed E-state index contributed by atoms with van der Waals surface area (Å²) < 4.78 is 0. The molecule has 1 aliphatic heterocycles. The third-order valence-corrected chi connectivity index (χ3v) is 3.35. The molecule has 1 heterocycles. The van der Waals surface area contributed by atoms with Crippen LogP contribution in [-0.2, 0) is 9.59 Å². The summed E-state index contributed by atoms with van der Waals surface area (Å²) in [6.07, 6.45) is 7.45. The van der Waals surface area contributed by atoms with Crippen molar-refractivity contribution in [3.05, 3.63) is 0 Å². The lowest BCUT2D eigenvalue weighted by molar-refractivity contribution is -0.148. The van der Waals surface area contributed by atoms with Gasteiger partial charge < -0.3 is 10.0 Å². The minimum absolute atomic E-state index is 0.00552. The molecule has 0 spiro atoms. The maximum Gasteiger partial charge on any atom is 0.326 e. The zero-order chi connectivity index (χ0) is 12.7. The highest BCUT2D eigenvalue weighted by Gasteiger charge is 2.31. The molecule has 98 valence electrons. The Bertz CT molecular complexity index is 265. The van der Waals surface area contributed by atoms with Crippen LogP contribution in [0.1, 0.15) is 58.3 Å². The molecular formula is C13H23NO3. The molecule has 17 heavy (non-hydrogen) atoms. The number of amides is 1. The van der Waals surface area contributed by atoms with Gasteiger partial charge in [0.05, 0.1) is 0 Å². The van der Waals surface area contributed by atoms with E-state index >= 15 is 0 Å². The van der Waals surface area contributed by atoms with Gasteiger partial charge >= 0.3 is 5.97 Å². The molecule has 1 atom stereocenters. The fraction of sp³-hybridized carbons (Fsp3) is 0.846. The zero-order valence-electron chi connectivity index (χ0n) is 10.7. The monoisotopic (exact) mass is 241 g/mol. The fourth-order valence-electron chi connectivity index (χ4n) is 2.35. The van der Waals surface area contributed by atoms with Gasteiger partial charge in [-0.1, -0.05) is 39.0 Å². The molecule has 1 amide bonds. The van der Waals surface area contributed by atoms with Gasteiger partial charge in [0, 0.05) is 13.0 Å². The Kier molecular flexibility index (Phi) is 6.01. The molecule has 0 aromatic carbocycles. The summed E-state index contributed by atoms with van der Waals surface area (Å²) in [7, 11) is 0. The van der Waals surface area contributed by atoms with E-state index in [4.69, 9.17) is 5.11 Å². The van der Waals surface area contributed by atoms with E-state index in [-0.39, 0.29) is 5.91 Å². The van der Waals surface area contributed by atoms with Crippen LogP contribution < -0.4 is 0 Å². The smallest absolute Gasteiger partial charge is 0.326 e. The van der Waals surface area contributed by atoms with Crippen LogP contribution >= 0.6 is 0 Å². The maximum atomic E-state index is 11.5. The number of nitrogens with zero attached hydrogens (tertiary/aromatic N) is 1. The molecule has 0 aromatic rings. The first-order chi connectivity index (χ1) is 8.16. The Morgan fingerprint density at radius 1 is 1.35 bits per heavy atom. The van der Waals surface area contributed by atoms with Gasteiger partial charge in [-0.2, -0.15) is 0 Å². The number of rotatable bonds is 8. The van der Waals surface area contributed by atoms with Crippen molar-refractivity contribution in [2.24, 2.45) is 0 Å². The van der Waals surface area contributed by atoms with Crippen LogP contribution in [0.3, 0.4) is 0 Å². The Labute approximate surface area is 103 Å². The number of carboxylic acid groups (broad SMARTS) is 1. The summed E-state index contributed by atoms with van der Waals surface area (Å²) in [4.78, 5) is 24.2. The van der Waals surface area contributed by atoms with E-state index in [0.717, 1.165) is 25.7 Å². The number of carbonyl (C=O) groups is 2. The summed E-state index contributed by atoms with van der Waals surface area (Å²) in [6.45, 7) is 2.77. The summed E-state index contributed by atoms with van der Waals surface area (Å²) in [5.41, 5.74) is 0. The third kappa shape index (κ3) is 4.36. The van der Waals surface area contributed by atoms with Crippen LogP contribution in [0, 0.1) is 0 Å². The van der Waals surface area contributed by atoms with E-state index in [0.29, 0.717) is 19.4 Å². The predicted octanol–water partition coefficient (Wildman–Crippen LogP) is 2.42. The first-order valence-electron chi connectivity index (χ1n) is 6.69. The molecular weight excluding hydrogens is 218 g/mol. The summed E-state index contributed by atoms with van der Waals surface area (Å²) in [5, 5.41) is 9.16. The molecule has 0 radical (unpaired) electrons. The van der Waals surface area contributed by atoms with Gasteiger partial charge in [-0.25, -0.2) is 4.79 Å². The van der Waals surface area contributed by atoms with E-state index in [1.807, 2.05) is 0 Å². The minimum atomic E-state index is -0.851. The first kappa shape index (κ1) is 14.0. The van der Waals surface area contributed by atoms with Crippen molar-refractivity contribution in [1.82, 2.24) is 4.90 Å². The van der Waals surface area contributed by atoms with E-state index < -0.39 is 12.0 Å². The SMILES string of the molecule is CCCCCCCC(C(=O)O)N1CCCC1=O. The third-order valence-electron chi connectivity index (χ3n) is 3.35. The molecule has 1 rings (SSSR count). The summed E-state index contributed by atoms with van der Waals surface area (Å²) in [5.74, 6) is -0.846. The number of carbonyl (C=O) groups excluding carboxylic acids is 1. The van der Waals surface area contributed by atoms with Gasteiger partial charge in [-0.3, -0.25) is 4.79 Å². The molecule has 4 heteroatoms. The first-order valence-corrected chi connectivity index (χ1v) is 6.69. The topological polar surface area (TPSA) is 57.6 Å². The number of likely N-dealkylation sites (tertiary alicyclic amines) is 1. The summed E-state index contributed by atoms with van der Waals surface area (Å²) >= 11 is 0. The molecule has 1 aliphatic rings. The van der Waals surface area contributed by atoms with Crippen molar-refractivity contribution in [1.29, 1.82) is 0 Å². The highest BCUT2D eigenvalue weighted by Crippen LogP contribution is 2.18. The summed E-state index contributed by atoms with van der Waals surface area (Å²) in [6, 6.07) is -0.591. The number of hydrogen-bond donors (Lipinski definition) is 1. The second-order valence-electron chi connectivity index (χ2n) is 4.75. The lowest BCUT2D eigenvalue weighted by atomic mass is 10.1. The van der Waals surface area contributed by atoms with Crippen LogP contribution in [0.2, 0.25) is 0 Å². The van der Waals surface area contributed by atoms with E-state index in [2.05, 4.69) is 6.92 Å². The second-order valence-corrected chi connectivity index (χ2v) is 4.75. The number of carboxylic acids is 1. The van der Waals surface area contributed by atoms with Gasteiger partial charge in [0.1, 0.15) is 6.04 Å². The van der Waals surface area contributed by atoms with Gasteiger partial charge in [-0.15, -0.1) is 0 Å². The maximum absolute atomic E-state index is 11.5. The molecule has 0 aromatic heterocycles. The quantitative estimate of drug-likeness (QED) is 0.664. The molecule has 4 nitrogen and oxygen atoms in total. The molecule has 0 bridgehead atoms. The standard InChI is InChI=1S/C13H23NO3/c1-2-3-4-5-6-8-11(13(16)17)14-10-7-9-12(14)15/h11H,2-10H2,1H3,(H,16,17). The van der Waals surface area contributed by atoms with Gasteiger partial charge in [0.25, 0.3) is 0 Å². The molecule has 1 fully saturated rings. The Morgan fingerprint density at radius 3 is 2.59 bits per heavy atom. The average molecular weight is 241 g/mol. The van der Waals surface area contributed by atoms with Crippen LogP contribution in [0.15, 0.2) is 0 Å². The Morgan fingerprint density at radius 2 is 2.06 bits per heavy atom. The second kappa shape index (κ2) is 7.30. The highest BCUT2D eigenvalue weighted by atomic mass is 16.4. The molecule has 1 N–H and O–H groups in total. The van der Waals surface area contributed by atoms with Crippen LogP contribution in [0.25, 0.3) is 0 Å². The van der Waals surface area contributed by atoms with Gasteiger partial charge in [0.15, 0.2) is 0 Å². The molecule has 1 saturated heterocycles. The number of aliphatic carboxylic acids is 1. The Balaban J connectivity index is 2.33. The lowest BCUT2D eigenvalue weighted by Gasteiger charge is -2.24. The van der Waals surface area contributed by atoms with Crippen molar-refractivity contribution in [2.75, 3.05) is 6.54 Å². The largest absolute Gasteiger partial charge is 0.480 e. The van der Waals surface area contributed by atoms with E-state index in [1.165, 1.54) is 12.8 Å². The van der Waals surface area contributed by atoms with Crippen molar-refractivity contribution >= 4 is 11.9 Å². The van der Waals surface area contributed by atoms with Gasteiger partial charge in [0.2, 0.25) is 5.91 Å². The molecule has 1 unspecified atom stereocenters. The lowest BCUT2D eigenvalue weighted by Crippen LogP contribution is -2.41. The Hall–Kier alpha value is -1.06. The van der Waals surface area contributed by atoms with Crippen molar-refractivity contribution in [3.63, 3.8) is 0 Å². The van der Waals surface area contributed by atoms with Crippen LogP contribution in [0.5, 0.6) is 0 Å². The fourth-order valence-corrected chi connectivity index (χ4v) is 2.35. The predicted molar refractivity (Wildman–Crippen MR) is 65.7 cm³/mol. The van der Waals surface area contributed by atoms with Crippen molar-refractivity contribution < 1.29 is 14.7 Å². The normalized spacial score (nSPS) is 17.5. The van der Waals surface area contributed by atoms with E-state index in [9.17, 15) is 9.59 Å². The average Bonchev–Trinajstić information content (AvgIpc) is 2.69. The molecule has 0 saturated carbocycles. The minimum Gasteiger partial charge on any atom is -0.480 e. The van der Waals surface area contributed by atoms with E-state index in [1.54, 1.807) is 4.90 Å². The zero-order valence-corrected chi connectivity index (χ0v) is 10.7. The molecule has 0 aliphatic carbocycles. The number of unbranched alkanes of at least 4 members (excludes halogenated alkanes) is 4. The highest BCUT2D eigenvalue weighted by molar-refractivity contribution is 5.84.